The quantitative estimate of drug-likeness (QED) is 0.0803. The first-order valence-electron chi connectivity index (χ1n) is 23.8. The average Bonchev–Trinajstić information content (AvgIpc) is 4.05. The number of rotatable bonds is 4. The van der Waals surface area contributed by atoms with Crippen molar-refractivity contribution in [3.05, 3.63) is 138 Å². The Morgan fingerprint density at radius 1 is 0.449 bits per heavy atom. The van der Waals surface area contributed by atoms with Crippen LogP contribution in [0.1, 0.15) is 132 Å². The first-order valence-corrected chi connectivity index (χ1v) is 25.4. The molecule has 4 unspecified atom stereocenters. The maximum absolute atomic E-state index is 11.6. The van der Waals surface area contributed by atoms with Crippen LogP contribution in [-0.2, 0) is 44.9 Å². The number of nitrogens with one attached hydrogen (secondary N) is 4. The summed E-state index contributed by atoms with van der Waals surface area (Å²) in [6.45, 7) is 2.09. The van der Waals surface area contributed by atoms with Gasteiger partial charge in [-0.3, -0.25) is 19.2 Å². The number of halogens is 3. The van der Waals surface area contributed by atoms with E-state index < -0.39 is 0 Å². The molecule has 0 bridgehead atoms. The van der Waals surface area contributed by atoms with E-state index in [1.807, 2.05) is 48.5 Å². The standard InChI is InChI=1S/C14H15ClN2O.C14H16N2O.C13H13BrN2O.C13H13ClN2O/c15-8-5-6-12-11(7-8)9-3-1-2-4-10(14(16)18)13(9)17-12;1-8-5-6-12-11(7-8)9-3-2-4-10(14(15)17)13(9)16-12;2*14-7-4-5-11-10(6-7)8-2-1-3-9(13(15)17)12(8)16-11/h5-7,10,17H,1-4H2,(H2,16,18);5-7,10,16H,2-4H2,1H3,(H2,15,17);2*4-6,9,16H,1-3H2,(H2,15,17). The Morgan fingerprint density at radius 3 is 1.16 bits per heavy atom. The average molecular weight is 1030 g/mol. The van der Waals surface area contributed by atoms with E-state index in [4.69, 9.17) is 46.1 Å². The molecule has 358 valence electrons. The molecule has 4 aromatic heterocycles. The lowest BCUT2D eigenvalue weighted by molar-refractivity contribution is -0.120. The normalized spacial score (nSPS) is 19.3. The first kappa shape index (κ1) is 48.0. The molecular formula is C54H57BrCl2N8O4. The molecule has 4 atom stereocenters. The van der Waals surface area contributed by atoms with Crippen molar-refractivity contribution < 1.29 is 19.2 Å². The van der Waals surface area contributed by atoms with E-state index in [1.165, 1.54) is 38.6 Å². The highest BCUT2D eigenvalue weighted by Crippen LogP contribution is 2.40. The molecule has 0 saturated carbocycles. The fourth-order valence-electron chi connectivity index (χ4n) is 11.2. The van der Waals surface area contributed by atoms with Crippen LogP contribution in [0.2, 0.25) is 10.0 Å². The largest absolute Gasteiger partial charge is 0.369 e. The lowest BCUT2D eigenvalue weighted by Crippen LogP contribution is -2.24. The lowest BCUT2D eigenvalue weighted by Gasteiger charge is -2.19. The smallest absolute Gasteiger partial charge is 0.226 e. The summed E-state index contributed by atoms with van der Waals surface area (Å²) in [5.74, 6) is -1.57. The molecule has 4 amide bonds. The van der Waals surface area contributed by atoms with Gasteiger partial charge < -0.3 is 42.9 Å². The van der Waals surface area contributed by atoms with Crippen LogP contribution in [0.25, 0.3) is 43.6 Å². The van der Waals surface area contributed by atoms with E-state index in [9.17, 15) is 19.2 Å². The SMILES string of the molecule is Cc1ccc2[nH]c3c(c2c1)CCCC3C(N)=O.NC(=O)C1CCCCc2c1[nH]c1ccc(Cl)cc21.NC(=O)C1CCCc2c1[nH]c1ccc(Br)cc21.NC(=O)C1CCCc2c1[nH]c1ccc(Cl)cc21. The molecule has 0 radical (unpaired) electrons. The van der Waals surface area contributed by atoms with Gasteiger partial charge in [-0.1, -0.05) is 57.2 Å². The number of amides is 4. The van der Waals surface area contributed by atoms with Gasteiger partial charge in [0.05, 0.1) is 23.7 Å². The molecule has 15 heteroatoms. The molecule has 0 spiro atoms. The minimum Gasteiger partial charge on any atom is -0.369 e. The van der Waals surface area contributed by atoms with Crippen molar-refractivity contribution >= 4 is 106 Å². The third-order valence-corrected chi connectivity index (χ3v) is 15.5. The zero-order valence-corrected chi connectivity index (χ0v) is 41.6. The molecule has 4 aliphatic rings. The highest BCUT2D eigenvalue weighted by Gasteiger charge is 2.31. The van der Waals surface area contributed by atoms with Crippen LogP contribution in [0.4, 0.5) is 0 Å². The second-order valence-corrected chi connectivity index (χ2v) is 20.7. The summed E-state index contributed by atoms with van der Waals surface area (Å²) in [6.07, 6.45) is 12.6. The van der Waals surface area contributed by atoms with Gasteiger partial charge in [-0.15, -0.1) is 0 Å². The van der Waals surface area contributed by atoms with Gasteiger partial charge in [-0.25, -0.2) is 0 Å². The van der Waals surface area contributed by atoms with E-state index in [2.05, 4.69) is 67.1 Å². The zero-order chi connectivity index (χ0) is 48.7. The molecular weight excluding hydrogens is 975 g/mol. The topological polar surface area (TPSA) is 236 Å². The maximum atomic E-state index is 11.6. The number of fused-ring (bicyclic) bond motifs is 12. The summed E-state index contributed by atoms with van der Waals surface area (Å²) in [7, 11) is 0. The molecule has 12 rings (SSSR count). The van der Waals surface area contributed by atoms with Gasteiger partial charge in [-0.2, -0.15) is 0 Å². The van der Waals surface area contributed by atoms with Gasteiger partial charge in [0.15, 0.2) is 0 Å². The van der Waals surface area contributed by atoms with E-state index in [-0.39, 0.29) is 47.3 Å². The monoisotopic (exact) mass is 1030 g/mol. The molecule has 4 aliphatic carbocycles. The van der Waals surface area contributed by atoms with Crippen LogP contribution in [0, 0.1) is 6.92 Å². The van der Waals surface area contributed by atoms with E-state index in [1.54, 1.807) is 0 Å². The predicted octanol–water partition coefficient (Wildman–Crippen LogP) is 11.1. The van der Waals surface area contributed by atoms with Gasteiger partial charge in [0, 0.05) is 80.9 Å². The van der Waals surface area contributed by atoms with Crippen LogP contribution < -0.4 is 22.9 Å². The van der Waals surface area contributed by atoms with Gasteiger partial charge in [0.1, 0.15) is 0 Å². The van der Waals surface area contributed by atoms with E-state index in [0.717, 1.165) is 154 Å². The molecule has 8 aromatic rings. The van der Waals surface area contributed by atoms with Crippen molar-refractivity contribution in [3.63, 3.8) is 0 Å². The Morgan fingerprint density at radius 2 is 0.768 bits per heavy atom. The fraction of sp³-hybridized carbons (Fsp3) is 0.333. The molecule has 0 saturated heterocycles. The highest BCUT2D eigenvalue weighted by molar-refractivity contribution is 9.10. The Labute approximate surface area is 418 Å². The fourth-order valence-corrected chi connectivity index (χ4v) is 11.9. The van der Waals surface area contributed by atoms with Crippen LogP contribution in [0.15, 0.2) is 77.3 Å². The van der Waals surface area contributed by atoms with Crippen molar-refractivity contribution in [2.24, 2.45) is 22.9 Å². The number of aryl methyl sites for hydroxylation is 5. The van der Waals surface area contributed by atoms with Crippen LogP contribution in [-0.4, -0.2) is 43.6 Å². The minimum atomic E-state index is -0.247. The number of primary amides is 4. The minimum absolute atomic E-state index is 0.133. The molecule has 12 N–H and O–H groups in total. The first-order chi connectivity index (χ1) is 33.2. The summed E-state index contributed by atoms with van der Waals surface area (Å²) in [6, 6.07) is 24.1. The third-order valence-electron chi connectivity index (χ3n) is 14.5. The van der Waals surface area contributed by atoms with Gasteiger partial charge in [-0.05, 0) is 173 Å². The number of H-pyrrole nitrogens is 4. The Bertz CT molecular complexity index is 3040. The Hall–Kier alpha value is -6.02. The van der Waals surface area contributed by atoms with Crippen molar-refractivity contribution in [2.75, 3.05) is 0 Å². The van der Waals surface area contributed by atoms with Gasteiger partial charge in [0.25, 0.3) is 0 Å². The predicted molar refractivity (Wildman–Crippen MR) is 280 cm³/mol. The summed E-state index contributed by atoms with van der Waals surface area (Å²) in [5.41, 5.74) is 36.5. The molecule has 4 heterocycles. The van der Waals surface area contributed by atoms with Crippen LogP contribution >= 0.6 is 39.1 Å². The maximum Gasteiger partial charge on any atom is 0.226 e. The van der Waals surface area contributed by atoms with Crippen molar-refractivity contribution in [3.8, 4) is 0 Å². The summed E-state index contributed by atoms with van der Waals surface area (Å²) < 4.78 is 1.06. The zero-order valence-electron chi connectivity index (χ0n) is 38.5. The third kappa shape index (κ3) is 9.78. The summed E-state index contributed by atoms with van der Waals surface area (Å²) in [4.78, 5) is 59.3. The number of aromatic amines is 4. The molecule has 69 heavy (non-hydrogen) atoms. The Kier molecular flexibility index (Phi) is 14.0. The molecule has 0 fully saturated rings. The highest BCUT2D eigenvalue weighted by atomic mass is 79.9. The van der Waals surface area contributed by atoms with Gasteiger partial charge >= 0.3 is 0 Å². The number of nitrogens with two attached hydrogens (primary N) is 4. The van der Waals surface area contributed by atoms with Gasteiger partial charge in [0.2, 0.25) is 23.6 Å². The summed E-state index contributed by atoms with van der Waals surface area (Å²) >= 11 is 15.5. The van der Waals surface area contributed by atoms with Crippen molar-refractivity contribution in [2.45, 2.75) is 114 Å². The van der Waals surface area contributed by atoms with Crippen molar-refractivity contribution in [1.29, 1.82) is 0 Å². The molecule has 0 aliphatic heterocycles. The number of carbonyl (C=O) groups excluding carboxylic acids is 4. The molecule has 4 aromatic carbocycles. The number of hydrogen-bond acceptors (Lipinski definition) is 4. The second kappa shape index (κ2) is 20.1. The number of carbonyl (C=O) groups is 4. The number of benzene rings is 4. The number of hydrogen-bond donors (Lipinski definition) is 8. The van der Waals surface area contributed by atoms with Crippen LogP contribution in [0.3, 0.4) is 0 Å². The summed E-state index contributed by atoms with van der Waals surface area (Å²) in [5, 5.41) is 6.17. The van der Waals surface area contributed by atoms with E-state index >= 15 is 0 Å². The van der Waals surface area contributed by atoms with Crippen molar-refractivity contribution in [1.82, 2.24) is 19.9 Å². The number of aromatic nitrogens is 4. The van der Waals surface area contributed by atoms with Crippen LogP contribution in [0.5, 0.6) is 0 Å². The molecule has 12 nitrogen and oxygen atoms in total. The lowest BCUT2D eigenvalue weighted by atomic mass is 9.86. The Balaban J connectivity index is 0.000000115. The second-order valence-electron chi connectivity index (χ2n) is 18.9. The van der Waals surface area contributed by atoms with E-state index in [0.29, 0.717) is 0 Å².